The number of pyridine rings is 1. The summed E-state index contributed by atoms with van der Waals surface area (Å²) in [5, 5.41) is 11.7. The first kappa shape index (κ1) is 11.4. The molecule has 0 bridgehead atoms. The molecule has 1 amide bonds. The van der Waals surface area contributed by atoms with Gasteiger partial charge in [0.15, 0.2) is 0 Å². The Hall–Kier alpha value is -2.09. The van der Waals surface area contributed by atoms with Crippen molar-refractivity contribution in [1.29, 1.82) is 5.26 Å². The normalized spacial score (nSPS) is 19.7. The molecule has 1 fully saturated rings. The summed E-state index contributed by atoms with van der Waals surface area (Å²) >= 11 is 0. The topological polar surface area (TPSA) is 69.0 Å². The Morgan fingerprint density at radius 2 is 2.35 bits per heavy atom. The summed E-state index contributed by atoms with van der Waals surface area (Å²) in [6.45, 7) is 5.01. The number of aryl methyl sites for hydroxylation is 1. The second-order valence-corrected chi connectivity index (χ2v) is 4.13. The molecule has 0 radical (unpaired) electrons. The standard InChI is InChI=1S/C12H14N4O/c1-8-5-10(7-13)6-11(15-8)16-4-3-14-12(17)9(16)2/h5-6,9H,3-4H2,1-2H3,(H,14,17). The lowest BCUT2D eigenvalue weighted by molar-refractivity contribution is -0.122. The Labute approximate surface area is 100 Å². The molecule has 2 rings (SSSR count). The van der Waals surface area contributed by atoms with E-state index in [1.54, 1.807) is 12.1 Å². The number of rotatable bonds is 1. The molecular weight excluding hydrogens is 216 g/mol. The van der Waals surface area contributed by atoms with Gasteiger partial charge in [-0.15, -0.1) is 0 Å². The highest BCUT2D eigenvalue weighted by Gasteiger charge is 2.26. The number of anilines is 1. The Bertz CT molecular complexity index is 492. The minimum atomic E-state index is -0.246. The third-order valence-electron chi connectivity index (χ3n) is 2.86. The first-order valence-corrected chi connectivity index (χ1v) is 5.55. The van der Waals surface area contributed by atoms with Crippen molar-refractivity contribution in [1.82, 2.24) is 10.3 Å². The van der Waals surface area contributed by atoms with Crippen LogP contribution >= 0.6 is 0 Å². The molecule has 0 spiro atoms. The van der Waals surface area contributed by atoms with Gasteiger partial charge >= 0.3 is 0 Å². The van der Waals surface area contributed by atoms with Crippen LogP contribution in [0.2, 0.25) is 0 Å². The number of nitrogens with one attached hydrogen (secondary N) is 1. The molecule has 1 atom stereocenters. The maximum absolute atomic E-state index is 11.6. The number of hydrogen-bond donors (Lipinski definition) is 1. The number of nitrogens with zero attached hydrogens (tertiary/aromatic N) is 3. The van der Waals surface area contributed by atoms with E-state index in [1.807, 2.05) is 18.7 Å². The predicted octanol–water partition coefficient (Wildman–Crippen LogP) is 0.586. The number of aromatic nitrogens is 1. The molecule has 0 aliphatic carbocycles. The van der Waals surface area contributed by atoms with Gasteiger partial charge in [0.2, 0.25) is 5.91 Å². The summed E-state index contributed by atoms with van der Waals surface area (Å²) in [6.07, 6.45) is 0. The Morgan fingerprint density at radius 1 is 1.59 bits per heavy atom. The molecule has 2 heterocycles. The quantitative estimate of drug-likeness (QED) is 0.766. The predicted molar refractivity (Wildman–Crippen MR) is 63.5 cm³/mol. The molecule has 1 N–H and O–H groups in total. The number of carbonyl (C=O) groups excluding carboxylic acids is 1. The van der Waals surface area contributed by atoms with E-state index in [4.69, 9.17) is 5.26 Å². The van der Waals surface area contributed by atoms with Crippen LogP contribution in [-0.4, -0.2) is 30.0 Å². The van der Waals surface area contributed by atoms with Gasteiger partial charge in [-0.1, -0.05) is 0 Å². The molecular formula is C12H14N4O. The van der Waals surface area contributed by atoms with Gasteiger partial charge in [0.1, 0.15) is 11.9 Å². The van der Waals surface area contributed by atoms with Crippen molar-refractivity contribution in [3.05, 3.63) is 23.4 Å². The summed E-state index contributed by atoms with van der Waals surface area (Å²) in [5.41, 5.74) is 1.36. The van der Waals surface area contributed by atoms with E-state index in [0.717, 1.165) is 5.69 Å². The highest BCUT2D eigenvalue weighted by Crippen LogP contribution is 2.18. The molecule has 5 heteroatoms. The van der Waals surface area contributed by atoms with Gasteiger partial charge in [-0.05, 0) is 26.0 Å². The molecule has 1 aromatic heterocycles. The fourth-order valence-electron chi connectivity index (χ4n) is 1.96. The van der Waals surface area contributed by atoms with Crippen LogP contribution in [0.5, 0.6) is 0 Å². The van der Waals surface area contributed by atoms with Gasteiger partial charge < -0.3 is 10.2 Å². The Kier molecular flexibility index (Phi) is 2.96. The van der Waals surface area contributed by atoms with E-state index in [1.165, 1.54) is 0 Å². The van der Waals surface area contributed by atoms with Crippen molar-refractivity contribution in [3.63, 3.8) is 0 Å². The van der Waals surface area contributed by atoms with E-state index in [0.29, 0.717) is 24.5 Å². The van der Waals surface area contributed by atoms with Gasteiger partial charge in [0.05, 0.1) is 11.6 Å². The average Bonchev–Trinajstić information content (AvgIpc) is 2.31. The number of piperazine rings is 1. The first-order valence-electron chi connectivity index (χ1n) is 5.55. The van der Waals surface area contributed by atoms with Gasteiger partial charge in [-0.2, -0.15) is 5.26 Å². The molecule has 1 unspecified atom stereocenters. The molecule has 88 valence electrons. The SMILES string of the molecule is Cc1cc(C#N)cc(N2CCNC(=O)C2C)n1. The monoisotopic (exact) mass is 230 g/mol. The molecule has 17 heavy (non-hydrogen) atoms. The number of amides is 1. The maximum atomic E-state index is 11.6. The Morgan fingerprint density at radius 3 is 3.06 bits per heavy atom. The fourth-order valence-corrected chi connectivity index (χ4v) is 1.96. The van der Waals surface area contributed by atoms with Gasteiger partial charge in [0.25, 0.3) is 0 Å². The average molecular weight is 230 g/mol. The van der Waals surface area contributed by atoms with E-state index < -0.39 is 0 Å². The third-order valence-corrected chi connectivity index (χ3v) is 2.86. The lowest BCUT2D eigenvalue weighted by atomic mass is 10.1. The smallest absolute Gasteiger partial charge is 0.242 e. The van der Waals surface area contributed by atoms with Crippen molar-refractivity contribution in [2.45, 2.75) is 19.9 Å². The lowest BCUT2D eigenvalue weighted by Crippen LogP contribution is -2.54. The summed E-state index contributed by atoms with van der Waals surface area (Å²) < 4.78 is 0. The van der Waals surface area contributed by atoms with Crippen LogP contribution < -0.4 is 10.2 Å². The van der Waals surface area contributed by atoms with Gasteiger partial charge in [-0.3, -0.25) is 4.79 Å². The molecule has 1 saturated heterocycles. The van der Waals surface area contributed by atoms with Crippen LogP contribution in [0.25, 0.3) is 0 Å². The van der Waals surface area contributed by atoms with Crippen LogP contribution in [0.4, 0.5) is 5.82 Å². The highest BCUT2D eigenvalue weighted by molar-refractivity contribution is 5.85. The first-order chi connectivity index (χ1) is 8.11. The molecule has 0 aromatic carbocycles. The zero-order chi connectivity index (χ0) is 12.4. The highest BCUT2D eigenvalue weighted by atomic mass is 16.2. The molecule has 5 nitrogen and oxygen atoms in total. The van der Waals surface area contributed by atoms with Crippen molar-refractivity contribution in [2.75, 3.05) is 18.0 Å². The Balaban J connectivity index is 2.36. The molecule has 1 aromatic rings. The third kappa shape index (κ3) is 2.21. The zero-order valence-corrected chi connectivity index (χ0v) is 9.90. The number of carbonyl (C=O) groups is 1. The second-order valence-electron chi connectivity index (χ2n) is 4.13. The van der Waals surface area contributed by atoms with Crippen molar-refractivity contribution in [2.24, 2.45) is 0 Å². The van der Waals surface area contributed by atoms with E-state index >= 15 is 0 Å². The summed E-state index contributed by atoms with van der Waals surface area (Å²) in [7, 11) is 0. The summed E-state index contributed by atoms with van der Waals surface area (Å²) in [4.78, 5) is 17.9. The fraction of sp³-hybridized carbons (Fsp3) is 0.417. The minimum Gasteiger partial charge on any atom is -0.353 e. The largest absolute Gasteiger partial charge is 0.353 e. The van der Waals surface area contributed by atoms with Crippen molar-refractivity contribution >= 4 is 11.7 Å². The second kappa shape index (κ2) is 4.42. The molecule has 0 saturated carbocycles. The van der Waals surface area contributed by atoms with Crippen LogP contribution in [0.3, 0.4) is 0 Å². The van der Waals surface area contributed by atoms with Crippen LogP contribution in [0.15, 0.2) is 12.1 Å². The van der Waals surface area contributed by atoms with Crippen LogP contribution in [0.1, 0.15) is 18.2 Å². The van der Waals surface area contributed by atoms with E-state index in [2.05, 4.69) is 16.4 Å². The van der Waals surface area contributed by atoms with Crippen molar-refractivity contribution < 1.29 is 4.79 Å². The maximum Gasteiger partial charge on any atom is 0.242 e. The van der Waals surface area contributed by atoms with Crippen LogP contribution in [0, 0.1) is 18.3 Å². The lowest BCUT2D eigenvalue weighted by Gasteiger charge is -2.33. The van der Waals surface area contributed by atoms with E-state index in [9.17, 15) is 4.79 Å². The van der Waals surface area contributed by atoms with E-state index in [-0.39, 0.29) is 11.9 Å². The number of nitriles is 1. The zero-order valence-electron chi connectivity index (χ0n) is 9.90. The summed E-state index contributed by atoms with van der Waals surface area (Å²) in [6, 6.07) is 5.32. The van der Waals surface area contributed by atoms with Gasteiger partial charge in [0, 0.05) is 18.8 Å². The molecule has 1 aliphatic rings. The van der Waals surface area contributed by atoms with Crippen LogP contribution in [-0.2, 0) is 4.79 Å². The minimum absolute atomic E-state index is 0.00179. The summed E-state index contributed by atoms with van der Waals surface area (Å²) in [5.74, 6) is 0.696. The van der Waals surface area contributed by atoms with Gasteiger partial charge in [-0.25, -0.2) is 4.98 Å². The van der Waals surface area contributed by atoms with Crippen molar-refractivity contribution in [3.8, 4) is 6.07 Å². The number of hydrogen-bond acceptors (Lipinski definition) is 4. The molecule has 1 aliphatic heterocycles.